The average molecular weight is 382 g/mol. The zero-order valence-corrected chi connectivity index (χ0v) is 15.6. The lowest BCUT2D eigenvalue weighted by molar-refractivity contribution is -0.0128. The fourth-order valence-electron chi connectivity index (χ4n) is 2.59. The molecule has 0 N–H and O–H groups in total. The largest absolute Gasteiger partial charge is 0.494 e. The van der Waals surface area contributed by atoms with Gasteiger partial charge in [-0.05, 0) is 49.2 Å². The monoisotopic (exact) mass is 382 g/mol. The Morgan fingerprint density at radius 1 is 0.926 bits per heavy atom. The van der Waals surface area contributed by atoms with E-state index >= 15 is 0 Å². The van der Waals surface area contributed by atoms with Crippen LogP contribution in [-0.2, 0) is 16.8 Å². The maximum atomic E-state index is 13.8. The minimum Gasteiger partial charge on any atom is -0.494 e. The first-order valence-corrected chi connectivity index (χ1v) is 8.86. The third-order valence-electron chi connectivity index (χ3n) is 4.25. The zero-order valence-electron chi connectivity index (χ0n) is 15.6. The standard InChI is InChI=1S/C21H25F3O3/c1-3-26-18-10-6-17(7-11-18)21(2,20(23)24)15-25-14-16-4-8-19(9-5-16)27-13-12-22/h4-11,20H,3,12-15H2,1-2H3. The van der Waals surface area contributed by atoms with Crippen LogP contribution in [0.25, 0.3) is 0 Å². The van der Waals surface area contributed by atoms with Gasteiger partial charge in [-0.1, -0.05) is 24.3 Å². The predicted molar refractivity (Wildman–Crippen MR) is 98.5 cm³/mol. The van der Waals surface area contributed by atoms with E-state index in [-0.39, 0.29) is 19.8 Å². The molecular weight excluding hydrogens is 357 g/mol. The number of ether oxygens (including phenoxy) is 3. The molecule has 1 atom stereocenters. The van der Waals surface area contributed by atoms with E-state index in [2.05, 4.69) is 0 Å². The molecule has 0 aliphatic rings. The van der Waals surface area contributed by atoms with Crippen molar-refractivity contribution in [2.24, 2.45) is 0 Å². The normalized spacial score (nSPS) is 13.4. The first-order valence-electron chi connectivity index (χ1n) is 8.86. The predicted octanol–water partition coefficient (Wildman–Crippen LogP) is 5.17. The molecule has 3 nitrogen and oxygen atoms in total. The summed E-state index contributed by atoms with van der Waals surface area (Å²) in [6.07, 6.45) is -2.58. The Bertz CT molecular complexity index is 674. The highest BCUT2D eigenvalue weighted by atomic mass is 19.3. The summed E-state index contributed by atoms with van der Waals surface area (Å²) in [4.78, 5) is 0. The van der Waals surface area contributed by atoms with Gasteiger partial charge in [0.1, 0.15) is 24.8 Å². The van der Waals surface area contributed by atoms with E-state index in [9.17, 15) is 13.2 Å². The highest BCUT2D eigenvalue weighted by Crippen LogP contribution is 2.32. The summed E-state index contributed by atoms with van der Waals surface area (Å²) in [6.45, 7) is 3.40. The molecule has 6 heteroatoms. The second-order valence-electron chi connectivity index (χ2n) is 6.35. The molecule has 0 aromatic heterocycles. The Morgan fingerprint density at radius 3 is 2.07 bits per heavy atom. The SMILES string of the molecule is CCOc1ccc(C(C)(COCc2ccc(OCCF)cc2)C(F)F)cc1. The molecule has 0 saturated carbocycles. The van der Waals surface area contributed by atoms with Gasteiger partial charge in [0.25, 0.3) is 0 Å². The Morgan fingerprint density at radius 2 is 1.52 bits per heavy atom. The highest BCUT2D eigenvalue weighted by molar-refractivity contribution is 5.33. The van der Waals surface area contributed by atoms with Crippen LogP contribution < -0.4 is 9.47 Å². The van der Waals surface area contributed by atoms with Gasteiger partial charge in [0.15, 0.2) is 0 Å². The van der Waals surface area contributed by atoms with Crippen LogP contribution in [0.1, 0.15) is 25.0 Å². The lowest BCUT2D eigenvalue weighted by Crippen LogP contribution is -2.36. The second kappa shape index (κ2) is 10.2. The first-order chi connectivity index (χ1) is 13.0. The first kappa shape index (κ1) is 21.1. The van der Waals surface area contributed by atoms with E-state index in [0.29, 0.717) is 23.7 Å². The third-order valence-corrected chi connectivity index (χ3v) is 4.25. The molecule has 0 radical (unpaired) electrons. The fraction of sp³-hybridized carbons (Fsp3) is 0.429. The topological polar surface area (TPSA) is 27.7 Å². The summed E-state index contributed by atoms with van der Waals surface area (Å²) >= 11 is 0. The molecule has 0 saturated heterocycles. The molecular formula is C21H25F3O3. The van der Waals surface area contributed by atoms with Gasteiger partial charge in [-0.15, -0.1) is 0 Å². The molecule has 0 heterocycles. The zero-order chi connectivity index (χ0) is 19.7. The van der Waals surface area contributed by atoms with Crippen molar-refractivity contribution in [3.63, 3.8) is 0 Å². The van der Waals surface area contributed by atoms with Gasteiger partial charge in [0.05, 0.1) is 25.2 Å². The van der Waals surface area contributed by atoms with Crippen molar-refractivity contribution >= 4 is 0 Å². The van der Waals surface area contributed by atoms with Crippen molar-refractivity contribution in [1.82, 2.24) is 0 Å². The lowest BCUT2D eigenvalue weighted by Gasteiger charge is -2.29. The number of halogens is 3. The molecule has 1 unspecified atom stereocenters. The lowest BCUT2D eigenvalue weighted by atomic mass is 9.83. The quantitative estimate of drug-likeness (QED) is 0.536. The van der Waals surface area contributed by atoms with Crippen LogP contribution >= 0.6 is 0 Å². The van der Waals surface area contributed by atoms with Crippen molar-refractivity contribution in [3.05, 3.63) is 59.7 Å². The Kier molecular flexibility index (Phi) is 7.98. The van der Waals surface area contributed by atoms with Crippen LogP contribution in [0.2, 0.25) is 0 Å². The Balaban J connectivity index is 1.97. The van der Waals surface area contributed by atoms with Gasteiger partial charge in [0.2, 0.25) is 6.43 Å². The molecule has 0 aliphatic heterocycles. The van der Waals surface area contributed by atoms with Crippen molar-refractivity contribution < 1.29 is 27.4 Å². The number of hydrogen-bond donors (Lipinski definition) is 0. The number of rotatable bonds is 11. The van der Waals surface area contributed by atoms with Gasteiger partial charge in [0, 0.05) is 0 Å². The van der Waals surface area contributed by atoms with Crippen LogP contribution in [0, 0.1) is 0 Å². The van der Waals surface area contributed by atoms with Crippen LogP contribution in [0.5, 0.6) is 11.5 Å². The van der Waals surface area contributed by atoms with Crippen molar-refractivity contribution in [2.45, 2.75) is 32.3 Å². The molecule has 2 aromatic carbocycles. The molecule has 0 aliphatic carbocycles. The molecule has 0 fully saturated rings. The van der Waals surface area contributed by atoms with E-state index in [1.807, 2.05) is 6.92 Å². The van der Waals surface area contributed by atoms with Crippen LogP contribution in [0.4, 0.5) is 13.2 Å². The summed E-state index contributed by atoms with van der Waals surface area (Å²) in [5, 5.41) is 0. The molecule has 148 valence electrons. The highest BCUT2D eigenvalue weighted by Gasteiger charge is 2.37. The van der Waals surface area contributed by atoms with Crippen molar-refractivity contribution in [1.29, 1.82) is 0 Å². The van der Waals surface area contributed by atoms with E-state index in [1.54, 1.807) is 48.5 Å². The number of hydrogen-bond acceptors (Lipinski definition) is 3. The number of alkyl halides is 3. The summed E-state index contributed by atoms with van der Waals surface area (Å²) in [5.74, 6) is 1.21. The van der Waals surface area contributed by atoms with Gasteiger partial charge in [-0.2, -0.15) is 0 Å². The van der Waals surface area contributed by atoms with Gasteiger partial charge < -0.3 is 14.2 Å². The Labute approximate surface area is 158 Å². The van der Waals surface area contributed by atoms with Gasteiger partial charge in [-0.3, -0.25) is 0 Å². The van der Waals surface area contributed by atoms with Crippen LogP contribution in [0.3, 0.4) is 0 Å². The maximum Gasteiger partial charge on any atom is 0.250 e. The van der Waals surface area contributed by atoms with E-state index in [4.69, 9.17) is 14.2 Å². The minimum absolute atomic E-state index is 0.00464. The molecule has 0 spiro atoms. The van der Waals surface area contributed by atoms with E-state index in [0.717, 1.165) is 5.56 Å². The fourth-order valence-corrected chi connectivity index (χ4v) is 2.59. The minimum atomic E-state index is -2.58. The van der Waals surface area contributed by atoms with Gasteiger partial charge in [-0.25, -0.2) is 13.2 Å². The van der Waals surface area contributed by atoms with E-state index < -0.39 is 18.5 Å². The molecule has 0 amide bonds. The maximum absolute atomic E-state index is 13.8. The van der Waals surface area contributed by atoms with Crippen LogP contribution in [-0.4, -0.2) is 32.9 Å². The molecule has 2 rings (SSSR count). The van der Waals surface area contributed by atoms with Gasteiger partial charge >= 0.3 is 0 Å². The Hall–Kier alpha value is -2.21. The summed E-state index contributed by atoms with van der Waals surface area (Å²) in [6, 6.07) is 13.6. The third kappa shape index (κ3) is 5.89. The molecule has 27 heavy (non-hydrogen) atoms. The van der Waals surface area contributed by atoms with Crippen molar-refractivity contribution in [2.75, 3.05) is 26.5 Å². The van der Waals surface area contributed by atoms with Crippen molar-refractivity contribution in [3.8, 4) is 11.5 Å². The van der Waals surface area contributed by atoms with E-state index in [1.165, 1.54) is 6.92 Å². The second-order valence-corrected chi connectivity index (χ2v) is 6.35. The summed E-state index contributed by atoms with van der Waals surface area (Å²) < 4.78 is 55.7. The molecule has 0 bridgehead atoms. The average Bonchev–Trinajstić information content (AvgIpc) is 2.68. The summed E-state index contributed by atoms with van der Waals surface area (Å²) in [5.41, 5.74) is -0.101. The van der Waals surface area contributed by atoms with Crippen LogP contribution in [0.15, 0.2) is 48.5 Å². The summed E-state index contributed by atoms with van der Waals surface area (Å²) in [7, 11) is 0. The number of benzene rings is 2. The molecule has 2 aromatic rings. The smallest absolute Gasteiger partial charge is 0.250 e.